The molecule has 0 saturated heterocycles. The van der Waals surface area contributed by atoms with E-state index in [0.29, 0.717) is 29.3 Å². The standard InChI is InChI=1S/C33H35F6N5O4/c34-32(35,36)24-14-25(33(37,38)39)16-26(15-24)43-31(42-19-40)44(27-12-10-22(11-13-27)21-4-2-1-3-5-21)18-20-6-8-23(9-7-20)29(46)41-17-28(45)30(47)48/h6-16,21,28,45H,1-5,17-19,40H2,(H,41,46)(H,42,43)(H,47,48)/t28-/m1/s1. The molecule has 1 atom stereocenters. The van der Waals surface area contributed by atoms with E-state index in [9.17, 15) is 41.0 Å². The number of aliphatic imine (C=N–C) groups is 1. The maximum atomic E-state index is 13.6. The van der Waals surface area contributed by atoms with Crippen LogP contribution in [-0.2, 0) is 23.7 Å². The number of carboxylic acid groups (broad SMARTS) is 1. The van der Waals surface area contributed by atoms with Gasteiger partial charge in [0, 0.05) is 16.9 Å². The molecule has 1 fully saturated rings. The monoisotopic (exact) mass is 679 g/mol. The van der Waals surface area contributed by atoms with Gasteiger partial charge < -0.3 is 31.5 Å². The van der Waals surface area contributed by atoms with Crippen LogP contribution in [0.1, 0.15) is 70.6 Å². The first-order valence-electron chi connectivity index (χ1n) is 15.1. The Hall–Kier alpha value is -4.63. The Morgan fingerprint density at radius 2 is 1.48 bits per heavy atom. The van der Waals surface area contributed by atoms with E-state index in [-0.39, 0.29) is 30.8 Å². The number of rotatable bonds is 10. The lowest BCUT2D eigenvalue weighted by molar-refractivity contribution is -0.146. The van der Waals surface area contributed by atoms with Crippen LogP contribution in [0.2, 0.25) is 0 Å². The second-order valence-electron chi connectivity index (χ2n) is 11.4. The van der Waals surface area contributed by atoms with Crippen molar-refractivity contribution >= 4 is 29.2 Å². The summed E-state index contributed by atoms with van der Waals surface area (Å²) in [5.74, 6) is -1.90. The Labute approximate surface area is 272 Å². The molecule has 1 saturated carbocycles. The van der Waals surface area contributed by atoms with Crippen LogP contribution in [0.3, 0.4) is 0 Å². The summed E-state index contributed by atoms with van der Waals surface area (Å²) in [6.07, 6.45) is -6.43. The van der Waals surface area contributed by atoms with E-state index in [1.54, 1.807) is 29.2 Å². The summed E-state index contributed by atoms with van der Waals surface area (Å²) in [6, 6.07) is 14.6. The van der Waals surface area contributed by atoms with Crippen molar-refractivity contribution in [3.63, 3.8) is 0 Å². The predicted octanol–water partition coefficient (Wildman–Crippen LogP) is 6.34. The summed E-state index contributed by atoms with van der Waals surface area (Å²) in [7, 11) is 0. The Bertz CT molecular complexity index is 1560. The summed E-state index contributed by atoms with van der Waals surface area (Å²) in [5, 5.41) is 23.2. The van der Waals surface area contributed by atoms with Crippen molar-refractivity contribution in [3.8, 4) is 0 Å². The van der Waals surface area contributed by atoms with Gasteiger partial charge in [0.05, 0.1) is 30.9 Å². The number of carboxylic acids is 1. The molecule has 0 bridgehead atoms. The number of amides is 1. The van der Waals surface area contributed by atoms with E-state index in [1.165, 1.54) is 18.6 Å². The molecule has 15 heteroatoms. The van der Waals surface area contributed by atoms with E-state index in [4.69, 9.17) is 10.8 Å². The highest BCUT2D eigenvalue weighted by molar-refractivity contribution is 6.05. The number of anilines is 2. The largest absolute Gasteiger partial charge is 0.479 e. The molecule has 3 aromatic carbocycles. The number of halogens is 6. The normalized spacial score (nSPS) is 15.1. The van der Waals surface area contributed by atoms with E-state index in [1.807, 2.05) is 12.1 Å². The number of alkyl halides is 6. The summed E-state index contributed by atoms with van der Waals surface area (Å²) in [6.45, 7) is -0.874. The molecule has 0 aromatic heterocycles. The van der Waals surface area contributed by atoms with E-state index in [0.717, 1.165) is 31.2 Å². The average molecular weight is 680 g/mol. The maximum absolute atomic E-state index is 13.6. The molecular formula is C33H35F6N5O4. The van der Waals surface area contributed by atoms with Crippen molar-refractivity contribution in [1.82, 2.24) is 5.32 Å². The Balaban J connectivity index is 1.68. The van der Waals surface area contributed by atoms with E-state index >= 15 is 0 Å². The zero-order valence-corrected chi connectivity index (χ0v) is 25.6. The number of hydrogen-bond acceptors (Lipinski definition) is 5. The van der Waals surface area contributed by atoms with Crippen LogP contribution in [0, 0.1) is 0 Å². The van der Waals surface area contributed by atoms with E-state index in [2.05, 4.69) is 15.6 Å². The molecule has 0 spiro atoms. The molecule has 0 aliphatic heterocycles. The van der Waals surface area contributed by atoms with Gasteiger partial charge in [-0.3, -0.25) is 4.79 Å². The van der Waals surface area contributed by atoms with Crippen molar-refractivity contribution in [1.29, 1.82) is 0 Å². The fourth-order valence-corrected chi connectivity index (χ4v) is 5.41. The topological polar surface area (TPSA) is 140 Å². The minimum atomic E-state index is -5.06. The summed E-state index contributed by atoms with van der Waals surface area (Å²) >= 11 is 0. The van der Waals surface area contributed by atoms with Gasteiger partial charge in [-0.15, -0.1) is 0 Å². The smallest absolute Gasteiger partial charge is 0.416 e. The van der Waals surface area contributed by atoms with Crippen LogP contribution in [-0.4, -0.2) is 47.4 Å². The quantitative estimate of drug-likeness (QED) is 0.0958. The first-order chi connectivity index (χ1) is 22.7. The van der Waals surface area contributed by atoms with Gasteiger partial charge >= 0.3 is 18.3 Å². The highest BCUT2D eigenvalue weighted by atomic mass is 19.4. The molecule has 0 heterocycles. The molecule has 48 heavy (non-hydrogen) atoms. The van der Waals surface area contributed by atoms with Crippen molar-refractivity contribution in [2.75, 3.05) is 23.4 Å². The summed E-state index contributed by atoms with van der Waals surface area (Å²) in [4.78, 5) is 29.0. The number of hydrogen-bond donors (Lipinski definition) is 5. The van der Waals surface area contributed by atoms with Gasteiger partial charge in [-0.25, -0.2) is 9.79 Å². The molecule has 1 amide bonds. The van der Waals surface area contributed by atoms with Gasteiger partial charge in [-0.1, -0.05) is 43.5 Å². The molecule has 258 valence electrons. The molecule has 0 radical (unpaired) electrons. The second-order valence-corrected chi connectivity index (χ2v) is 11.4. The molecule has 4 rings (SSSR count). The van der Waals surface area contributed by atoms with Crippen LogP contribution < -0.4 is 21.3 Å². The van der Waals surface area contributed by atoms with Crippen molar-refractivity contribution in [2.24, 2.45) is 10.7 Å². The number of carbonyl (C=O) groups is 2. The average Bonchev–Trinajstić information content (AvgIpc) is 3.05. The van der Waals surface area contributed by atoms with Gasteiger partial charge in [0.1, 0.15) is 0 Å². The number of carbonyl (C=O) groups excluding carboxylic acids is 1. The number of aliphatic hydroxyl groups is 1. The second kappa shape index (κ2) is 15.5. The third-order valence-corrected chi connectivity index (χ3v) is 7.92. The van der Waals surface area contributed by atoms with Crippen molar-refractivity contribution in [2.45, 2.75) is 63.0 Å². The lowest BCUT2D eigenvalue weighted by atomic mass is 9.84. The van der Waals surface area contributed by atoms with Gasteiger partial charge in [0.2, 0.25) is 5.96 Å². The minimum absolute atomic E-state index is 0.000669. The molecule has 6 N–H and O–H groups in total. The Kier molecular flexibility index (Phi) is 11.7. The highest BCUT2D eigenvalue weighted by Crippen LogP contribution is 2.38. The predicted molar refractivity (Wildman–Crippen MR) is 167 cm³/mol. The van der Waals surface area contributed by atoms with Gasteiger partial charge in [-0.2, -0.15) is 26.3 Å². The first-order valence-corrected chi connectivity index (χ1v) is 15.1. The van der Waals surface area contributed by atoms with Gasteiger partial charge in [0.25, 0.3) is 5.91 Å². The van der Waals surface area contributed by atoms with Crippen molar-refractivity contribution < 1.29 is 46.1 Å². The number of aliphatic carboxylic acids is 1. The Morgan fingerprint density at radius 3 is 2.00 bits per heavy atom. The SMILES string of the molecule is NC/N=C(/Nc1cc(C(F)(F)F)cc(C(F)(F)F)c1)N(Cc1ccc(C(=O)NC[C@@H](O)C(=O)O)cc1)c1ccc(C2CCCCC2)cc1. The fraction of sp³-hybridized carbons (Fsp3) is 0.364. The van der Waals surface area contributed by atoms with Crippen LogP contribution in [0.4, 0.5) is 37.7 Å². The first kappa shape index (κ1) is 36.2. The number of nitrogens with one attached hydrogen (secondary N) is 2. The number of guanidine groups is 1. The summed E-state index contributed by atoms with van der Waals surface area (Å²) in [5.41, 5.74) is 4.56. The molecular weight excluding hydrogens is 644 g/mol. The Morgan fingerprint density at radius 1 is 0.896 bits per heavy atom. The molecule has 3 aromatic rings. The van der Waals surface area contributed by atoms with Crippen LogP contribution in [0.15, 0.2) is 71.7 Å². The fourth-order valence-electron chi connectivity index (χ4n) is 5.41. The molecule has 9 nitrogen and oxygen atoms in total. The lowest BCUT2D eigenvalue weighted by Crippen LogP contribution is -2.37. The summed E-state index contributed by atoms with van der Waals surface area (Å²) < 4.78 is 81.7. The van der Waals surface area contributed by atoms with Crippen LogP contribution >= 0.6 is 0 Å². The zero-order valence-electron chi connectivity index (χ0n) is 25.6. The third-order valence-electron chi connectivity index (χ3n) is 7.92. The number of nitrogens with two attached hydrogens (primary N) is 1. The van der Waals surface area contributed by atoms with Gasteiger partial charge in [-0.05, 0) is 72.4 Å². The van der Waals surface area contributed by atoms with E-state index < -0.39 is 53.7 Å². The van der Waals surface area contributed by atoms with Crippen molar-refractivity contribution in [3.05, 3.63) is 94.5 Å². The zero-order chi connectivity index (χ0) is 35.1. The van der Waals surface area contributed by atoms with Gasteiger partial charge in [0.15, 0.2) is 6.10 Å². The maximum Gasteiger partial charge on any atom is 0.416 e. The number of nitrogens with zero attached hydrogens (tertiary/aromatic N) is 2. The minimum Gasteiger partial charge on any atom is -0.479 e. The molecule has 1 aliphatic rings. The number of aliphatic hydroxyl groups excluding tert-OH is 1. The third kappa shape index (κ3) is 9.70. The molecule has 0 unspecified atom stereocenters. The molecule has 1 aliphatic carbocycles. The lowest BCUT2D eigenvalue weighted by Gasteiger charge is -2.29. The highest BCUT2D eigenvalue weighted by Gasteiger charge is 2.37. The number of benzene rings is 3. The van der Waals surface area contributed by atoms with Crippen LogP contribution in [0.5, 0.6) is 0 Å². The van der Waals surface area contributed by atoms with Crippen LogP contribution in [0.25, 0.3) is 0 Å².